The van der Waals surface area contributed by atoms with Crippen molar-refractivity contribution in [3.05, 3.63) is 35.4 Å². The number of alkyl halides is 3. The topological polar surface area (TPSA) is 58.2 Å². The van der Waals surface area contributed by atoms with Crippen molar-refractivity contribution in [3.63, 3.8) is 0 Å². The molecule has 0 radical (unpaired) electrons. The fourth-order valence-corrected chi connectivity index (χ4v) is 3.28. The minimum absolute atomic E-state index is 0.0672. The number of carbonyl (C=O) groups excluding carboxylic acids is 2. The first-order valence-electron chi connectivity index (χ1n) is 8.43. The molecule has 0 spiro atoms. The van der Waals surface area contributed by atoms with Gasteiger partial charge >= 0.3 is 6.18 Å². The van der Waals surface area contributed by atoms with Crippen molar-refractivity contribution in [1.82, 2.24) is 10.6 Å². The van der Waals surface area contributed by atoms with Crippen LogP contribution in [0.2, 0.25) is 0 Å². The van der Waals surface area contributed by atoms with Crippen LogP contribution in [0.25, 0.3) is 0 Å². The van der Waals surface area contributed by atoms with Crippen LogP contribution in [0.5, 0.6) is 0 Å². The molecule has 1 aromatic rings. The van der Waals surface area contributed by atoms with Crippen molar-refractivity contribution in [2.45, 2.75) is 57.8 Å². The minimum Gasteiger partial charge on any atom is -0.348 e. The molecule has 1 fully saturated rings. The van der Waals surface area contributed by atoms with E-state index in [9.17, 15) is 22.8 Å². The molecule has 2 atom stereocenters. The van der Waals surface area contributed by atoms with Gasteiger partial charge in [-0.2, -0.15) is 13.2 Å². The predicted molar refractivity (Wildman–Crippen MR) is 87.6 cm³/mol. The lowest BCUT2D eigenvalue weighted by Crippen LogP contribution is -2.50. The van der Waals surface area contributed by atoms with Crippen LogP contribution >= 0.6 is 0 Å². The van der Waals surface area contributed by atoms with Crippen LogP contribution < -0.4 is 10.6 Å². The van der Waals surface area contributed by atoms with Gasteiger partial charge in [-0.05, 0) is 43.4 Å². The summed E-state index contributed by atoms with van der Waals surface area (Å²) in [5.41, 5.74) is -0.378. The molecule has 0 saturated heterocycles. The van der Waals surface area contributed by atoms with Gasteiger partial charge in [-0.3, -0.25) is 9.59 Å². The second kappa shape index (κ2) is 7.89. The number of carbonyl (C=O) groups is 2. The van der Waals surface area contributed by atoms with Crippen LogP contribution in [0, 0.1) is 5.92 Å². The van der Waals surface area contributed by atoms with Gasteiger partial charge in [-0.1, -0.05) is 25.0 Å². The van der Waals surface area contributed by atoms with Crippen LogP contribution in [0.4, 0.5) is 13.2 Å². The molecule has 2 rings (SSSR count). The van der Waals surface area contributed by atoms with E-state index in [4.69, 9.17) is 0 Å². The molecule has 1 aromatic carbocycles. The molecule has 2 amide bonds. The monoisotopic (exact) mass is 356 g/mol. The van der Waals surface area contributed by atoms with Gasteiger partial charge in [0.2, 0.25) is 11.8 Å². The molecule has 2 N–H and O–H groups in total. The van der Waals surface area contributed by atoms with Gasteiger partial charge in [0.1, 0.15) is 6.04 Å². The number of benzene rings is 1. The third-order valence-corrected chi connectivity index (χ3v) is 4.59. The van der Waals surface area contributed by atoms with Gasteiger partial charge in [-0.15, -0.1) is 0 Å². The average molecular weight is 356 g/mol. The molecule has 1 aliphatic carbocycles. The van der Waals surface area contributed by atoms with E-state index < -0.39 is 23.8 Å². The van der Waals surface area contributed by atoms with Gasteiger partial charge in [0.05, 0.1) is 11.6 Å². The van der Waals surface area contributed by atoms with Crippen molar-refractivity contribution in [3.8, 4) is 0 Å². The highest BCUT2D eigenvalue weighted by Gasteiger charge is 2.33. The maximum absolute atomic E-state index is 12.8. The molecule has 25 heavy (non-hydrogen) atoms. The second-order valence-electron chi connectivity index (χ2n) is 6.58. The van der Waals surface area contributed by atoms with Crippen LogP contribution in [0.1, 0.15) is 56.7 Å². The molecule has 0 heterocycles. The number of hydrogen-bond acceptors (Lipinski definition) is 2. The summed E-state index contributed by atoms with van der Waals surface area (Å²) < 4.78 is 38.5. The largest absolute Gasteiger partial charge is 0.416 e. The van der Waals surface area contributed by atoms with Gasteiger partial charge in [0.15, 0.2) is 0 Å². The molecule has 7 heteroatoms. The van der Waals surface area contributed by atoms with Crippen molar-refractivity contribution >= 4 is 11.8 Å². The van der Waals surface area contributed by atoms with E-state index in [1.807, 2.05) is 0 Å². The Kier molecular flexibility index (Phi) is 6.08. The lowest BCUT2D eigenvalue weighted by Gasteiger charge is -2.25. The first kappa shape index (κ1) is 19.3. The molecule has 0 aliphatic heterocycles. The van der Waals surface area contributed by atoms with Crippen molar-refractivity contribution in [1.29, 1.82) is 0 Å². The Hall–Kier alpha value is -2.05. The second-order valence-corrected chi connectivity index (χ2v) is 6.58. The zero-order chi connectivity index (χ0) is 18.6. The van der Waals surface area contributed by atoms with E-state index in [1.165, 1.54) is 13.0 Å². The third kappa shape index (κ3) is 5.21. The smallest absolute Gasteiger partial charge is 0.348 e. The molecule has 1 saturated carbocycles. The molecule has 0 aromatic heterocycles. The van der Waals surface area contributed by atoms with E-state index in [0.717, 1.165) is 37.8 Å². The Morgan fingerprint density at radius 3 is 2.36 bits per heavy atom. The molecule has 0 bridgehead atoms. The van der Waals surface area contributed by atoms with E-state index in [1.54, 1.807) is 13.0 Å². The van der Waals surface area contributed by atoms with Gasteiger partial charge in [0.25, 0.3) is 0 Å². The zero-order valence-corrected chi connectivity index (χ0v) is 14.3. The maximum Gasteiger partial charge on any atom is 0.416 e. The number of nitrogens with one attached hydrogen (secondary N) is 2. The van der Waals surface area contributed by atoms with Crippen LogP contribution in [0.15, 0.2) is 24.3 Å². The van der Waals surface area contributed by atoms with Crippen molar-refractivity contribution in [2.75, 3.05) is 0 Å². The summed E-state index contributed by atoms with van der Waals surface area (Å²) in [6.45, 7) is 2.98. The highest BCUT2D eigenvalue weighted by Crippen LogP contribution is 2.31. The van der Waals surface area contributed by atoms with Crippen molar-refractivity contribution in [2.24, 2.45) is 5.92 Å². The first-order chi connectivity index (χ1) is 11.7. The molecule has 2 unspecified atom stereocenters. The average Bonchev–Trinajstić information content (AvgIpc) is 3.05. The highest BCUT2D eigenvalue weighted by molar-refractivity contribution is 5.87. The predicted octanol–water partition coefficient (Wildman–Crippen LogP) is 3.58. The highest BCUT2D eigenvalue weighted by atomic mass is 19.4. The fraction of sp³-hybridized carbons (Fsp3) is 0.556. The molecule has 1 aliphatic rings. The summed E-state index contributed by atoms with van der Waals surface area (Å²) in [6.07, 6.45) is -0.691. The summed E-state index contributed by atoms with van der Waals surface area (Å²) >= 11 is 0. The van der Waals surface area contributed by atoms with E-state index in [2.05, 4.69) is 10.6 Å². The summed E-state index contributed by atoms with van der Waals surface area (Å²) in [4.78, 5) is 24.0. The quantitative estimate of drug-likeness (QED) is 0.847. The van der Waals surface area contributed by atoms with Gasteiger partial charge < -0.3 is 10.6 Å². The Balaban J connectivity index is 2.10. The Bertz CT molecular complexity index is 625. The van der Waals surface area contributed by atoms with Gasteiger partial charge in [0, 0.05) is 6.92 Å². The van der Waals surface area contributed by atoms with E-state index in [-0.39, 0.29) is 17.7 Å². The molecular formula is C18H23F3N2O2. The SMILES string of the molecule is CC(=O)NC(C(=O)NC(C)c1cccc(C(F)(F)F)c1)C1CCCC1. The van der Waals surface area contributed by atoms with E-state index in [0.29, 0.717) is 5.56 Å². The fourth-order valence-electron chi connectivity index (χ4n) is 3.28. The lowest BCUT2D eigenvalue weighted by atomic mass is 9.96. The lowest BCUT2D eigenvalue weighted by molar-refractivity contribution is -0.137. The van der Waals surface area contributed by atoms with Crippen LogP contribution in [-0.2, 0) is 15.8 Å². The minimum atomic E-state index is -4.43. The van der Waals surface area contributed by atoms with E-state index >= 15 is 0 Å². The standard InChI is InChI=1S/C18H23F3N2O2/c1-11(14-8-5-9-15(10-14)18(19,20)21)22-17(25)16(23-12(2)24)13-6-3-4-7-13/h5,8-11,13,16H,3-4,6-7H2,1-2H3,(H,22,25)(H,23,24). The number of amides is 2. The maximum atomic E-state index is 12.8. The third-order valence-electron chi connectivity index (χ3n) is 4.59. The summed E-state index contributed by atoms with van der Waals surface area (Å²) in [5.74, 6) is -0.580. The Morgan fingerprint density at radius 1 is 1.16 bits per heavy atom. The molecular weight excluding hydrogens is 333 g/mol. The van der Waals surface area contributed by atoms with Gasteiger partial charge in [-0.25, -0.2) is 0 Å². The molecule has 4 nitrogen and oxygen atoms in total. The zero-order valence-electron chi connectivity index (χ0n) is 14.3. The van der Waals surface area contributed by atoms with Crippen molar-refractivity contribution < 1.29 is 22.8 Å². The van der Waals surface area contributed by atoms with Crippen LogP contribution in [0.3, 0.4) is 0 Å². The normalized spacial score (nSPS) is 17.8. The summed E-state index contributed by atoms with van der Waals surface area (Å²) in [6, 6.07) is 3.66. The number of hydrogen-bond donors (Lipinski definition) is 2. The van der Waals surface area contributed by atoms with Crippen LogP contribution in [-0.4, -0.2) is 17.9 Å². The Morgan fingerprint density at radius 2 is 1.80 bits per heavy atom. The number of rotatable bonds is 5. The summed E-state index contributed by atoms with van der Waals surface area (Å²) in [5, 5.41) is 5.42. The molecule has 138 valence electrons. The number of halogens is 3. The first-order valence-corrected chi connectivity index (χ1v) is 8.43. The summed E-state index contributed by atoms with van der Waals surface area (Å²) in [7, 11) is 0. The Labute approximate surface area is 145 Å².